The average Bonchev–Trinajstić information content (AvgIpc) is 2.88. The number of aryl methyl sites for hydroxylation is 2. The Morgan fingerprint density at radius 1 is 1.27 bits per heavy atom. The monoisotopic (exact) mass is 302 g/mol. The molecule has 0 aliphatic carbocycles. The van der Waals surface area contributed by atoms with Gasteiger partial charge in [-0.2, -0.15) is 0 Å². The molecule has 2 aromatic heterocycles. The van der Waals surface area contributed by atoms with Crippen molar-refractivity contribution in [2.75, 3.05) is 11.9 Å². The Bertz CT molecular complexity index is 842. The fourth-order valence-corrected chi connectivity index (χ4v) is 2.50. The minimum Gasteiger partial charge on any atom is -0.367 e. The zero-order valence-corrected chi connectivity index (χ0v) is 12.6. The topological polar surface area (TPSA) is 34.0 Å². The maximum Gasteiger partial charge on any atom is 0.185 e. The Morgan fingerprint density at radius 2 is 2.05 bits per heavy atom. The number of rotatable bonds is 3. The fourth-order valence-electron chi connectivity index (χ4n) is 2.50. The molecule has 6 heteroatoms. The molecule has 0 radical (unpaired) electrons. The molecule has 3 aromatic rings. The van der Waals surface area contributed by atoms with E-state index in [2.05, 4.69) is 9.97 Å². The highest BCUT2D eigenvalue weighted by molar-refractivity contribution is 5.92. The molecule has 0 atom stereocenters. The third-order valence-corrected chi connectivity index (χ3v) is 3.69. The van der Waals surface area contributed by atoms with E-state index in [1.807, 2.05) is 35.8 Å². The third-order valence-electron chi connectivity index (χ3n) is 3.69. The molecule has 0 bridgehead atoms. The number of aromatic nitrogens is 3. The van der Waals surface area contributed by atoms with Crippen molar-refractivity contribution in [3.05, 3.63) is 53.7 Å². The lowest BCUT2D eigenvalue weighted by Gasteiger charge is -2.21. The number of imidazole rings is 1. The average molecular weight is 302 g/mol. The van der Waals surface area contributed by atoms with Crippen LogP contribution in [0.2, 0.25) is 0 Å². The first kappa shape index (κ1) is 14.4. The van der Waals surface area contributed by atoms with Gasteiger partial charge in [0.05, 0.1) is 6.54 Å². The van der Waals surface area contributed by atoms with Gasteiger partial charge in [0.15, 0.2) is 11.6 Å². The summed E-state index contributed by atoms with van der Waals surface area (Å²) in [5, 5.41) is 0.584. The van der Waals surface area contributed by atoms with E-state index in [9.17, 15) is 8.78 Å². The number of hydrogen-bond acceptors (Lipinski definition) is 3. The van der Waals surface area contributed by atoms with Crippen LogP contribution in [0.4, 0.5) is 14.5 Å². The van der Waals surface area contributed by atoms with Gasteiger partial charge < -0.3 is 9.47 Å². The minimum atomic E-state index is -0.909. The van der Waals surface area contributed by atoms with Crippen molar-refractivity contribution in [2.45, 2.75) is 13.5 Å². The summed E-state index contributed by atoms with van der Waals surface area (Å²) in [6.07, 6.45) is 3.60. The number of fused-ring (bicyclic) bond motifs is 1. The van der Waals surface area contributed by atoms with E-state index in [0.717, 1.165) is 17.6 Å². The second-order valence-corrected chi connectivity index (χ2v) is 5.35. The highest BCUT2D eigenvalue weighted by Crippen LogP contribution is 2.29. The van der Waals surface area contributed by atoms with E-state index in [1.165, 1.54) is 0 Å². The fraction of sp³-hybridized carbons (Fsp3) is 0.250. The zero-order valence-electron chi connectivity index (χ0n) is 12.6. The maximum atomic E-state index is 14.0. The van der Waals surface area contributed by atoms with Gasteiger partial charge in [-0.05, 0) is 25.1 Å². The Morgan fingerprint density at radius 3 is 2.73 bits per heavy atom. The first-order valence-corrected chi connectivity index (χ1v) is 6.90. The van der Waals surface area contributed by atoms with Gasteiger partial charge in [-0.1, -0.05) is 0 Å². The van der Waals surface area contributed by atoms with Crippen LogP contribution < -0.4 is 4.90 Å². The molecule has 2 heterocycles. The van der Waals surface area contributed by atoms with Gasteiger partial charge in [-0.3, -0.25) is 0 Å². The smallest absolute Gasteiger partial charge is 0.185 e. The van der Waals surface area contributed by atoms with Crippen molar-refractivity contribution >= 4 is 16.6 Å². The predicted molar refractivity (Wildman–Crippen MR) is 81.7 cm³/mol. The van der Waals surface area contributed by atoms with E-state index in [4.69, 9.17) is 0 Å². The second kappa shape index (κ2) is 5.36. The van der Waals surface area contributed by atoms with E-state index in [-0.39, 0.29) is 5.52 Å². The molecule has 0 aliphatic heterocycles. The molecule has 22 heavy (non-hydrogen) atoms. The normalized spacial score (nSPS) is 11.1. The van der Waals surface area contributed by atoms with Gasteiger partial charge in [0.2, 0.25) is 0 Å². The standard InChI is InChI=1S/C16H16F2N4/c1-10-8-13(22(3)9-14-19-6-7-21(14)2)11-4-5-12(17)15(18)16(11)20-10/h4-8H,9H2,1-3H3. The van der Waals surface area contributed by atoms with Gasteiger partial charge in [-0.25, -0.2) is 18.7 Å². The van der Waals surface area contributed by atoms with Crippen molar-refractivity contribution in [3.8, 4) is 0 Å². The van der Waals surface area contributed by atoms with Crippen molar-refractivity contribution in [1.82, 2.24) is 14.5 Å². The van der Waals surface area contributed by atoms with E-state index in [0.29, 0.717) is 17.6 Å². The molecule has 114 valence electrons. The predicted octanol–water partition coefficient (Wildman–Crippen LogP) is 3.19. The van der Waals surface area contributed by atoms with Crippen LogP contribution in [-0.2, 0) is 13.6 Å². The summed E-state index contributed by atoms with van der Waals surface area (Å²) >= 11 is 0. The molecular weight excluding hydrogens is 286 g/mol. The molecule has 0 aliphatic rings. The van der Waals surface area contributed by atoms with Crippen LogP contribution in [0, 0.1) is 18.6 Å². The summed E-state index contributed by atoms with van der Waals surface area (Å²) in [5.74, 6) is -0.913. The minimum absolute atomic E-state index is 0.0571. The number of halogens is 2. The van der Waals surface area contributed by atoms with Gasteiger partial charge >= 0.3 is 0 Å². The molecule has 0 saturated carbocycles. The SMILES string of the molecule is Cc1cc(N(C)Cc2nccn2C)c2ccc(F)c(F)c2n1. The van der Waals surface area contributed by atoms with Gasteiger partial charge in [0, 0.05) is 43.3 Å². The number of anilines is 1. The largest absolute Gasteiger partial charge is 0.367 e. The van der Waals surface area contributed by atoms with Gasteiger partial charge in [-0.15, -0.1) is 0 Å². The Hall–Kier alpha value is -2.50. The second-order valence-electron chi connectivity index (χ2n) is 5.35. The van der Waals surface area contributed by atoms with Gasteiger partial charge in [0.1, 0.15) is 11.3 Å². The molecule has 0 unspecified atom stereocenters. The Balaban J connectivity index is 2.10. The van der Waals surface area contributed by atoms with Crippen LogP contribution >= 0.6 is 0 Å². The Labute approximate surface area is 127 Å². The van der Waals surface area contributed by atoms with Crippen LogP contribution in [0.1, 0.15) is 11.5 Å². The molecular formula is C16H16F2N4. The van der Waals surface area contributed by atoms with Crippen molar-refractivity contribution in [1.29, 1.82) is 0 Å². The maximum absolute atomic E-state index is 14.0. The molecule has 0 saturated heterocycles. The molecule has 3 rings (SSSR count). The van der Waals surface area contributed by atoms with Crippen LogP contribution in [-0.4, -0.2) is 21.6 Å². The lowest BCUT2D eigenvalue weighted by Crippen LogP contribution is -2.19. The van der Waals surface area contributed by atoms with E-state index < -0.39 is 11.6 Å². The molecule has 0 fully saturated rings. The summed E-state index contributed by atoms with van der Waals surface area (Å²) in [5.41, 5.74) is 1.49. The quantitative estimate of drug-likeness (QED) is 0.745. The lowest BCUT2D eigenvalue weighted by atomic mass is 10.1. The molecule has 0 N–H and O–H groups in total. The summed E-state index contributed by atoms with van der Waals surface area (Å²) in [6, 6.07) is 4.56. The highest BCUT2D eigenvalue weighted by atomic mass is 19.2. The van der Waals surface area contributed by atoms with Gasteiger partial charge in [0.25, 0.3) is 0 Å². The number of hydrogen-bond donors (Lipinski definition) is 0. The van der Waals surface area contributed by atoms with Crippen molar-refractivity contribution in [3.63, 3.8) is 0 Å². The molecule has 0 spiro atoms. The lowest BCUT2D eigenvalue weighted by molar-refractivity contribution is 0.515. The van der Waals surface area contributed by atoms with Crippen molar-refractivity contribution < 1.29 is 8.78 Å². The molecule has 1 aromatic carbocycles. The third kappa shape index (κ3) is 2.41. The zero-order chi connectivity index (χ0) is 15.9. The summed E-state index contributed by atoms with van der Waals surface area (Å²) in [4.78, 5) is 10.4. The summed E-state index contributed by atoms with van der Waals surface area (Å²) in [6.45, 7) is 2.32. The highest BCUT2D eigenvalue weighted by Gasteiger charge is 2.15. The molecule has 0 amide bonds. The van der Waals surface area contributed by atoms with Crippen LogP contribution in [0.3, 0.4) is 0 Å². The number of nitrogens with zero attached hydrogens (tertiary/aromatic N) is 4. The number of benzene rings is 1. The summed E-state index contributed by atoms with van der Waals surface area (Å²) < 4.78 is 29.3. The first-order valence-electron chi connectivity index (χ1n) is 6.90. The van der Waals surface area contributed by atoms with Crippen LogP contribution in [0.25, 0.3) is 10.9 Å². The first-order chi connectivity index (χ1) is 10.5. The summed E-state index contributed by atoms with van der Waals surface area (Å²) in [7, 11) is 3.81. The van der Waals surface area contributed by atoms with Crippen LogP contribution in [0.5, 0.6) is 0 Å². The van der Waals surface area contributed by atoms with Crippen molar-refractivity contribution in [2.24, 2.45) is 7.05 Å². The molecule has 4 nitrogen and oxygen atoms in total. The Kier molecular flexibility index (Phi) is 3.52. The van der Waals surface area contributed by atoms with E-state index >= 15 is 0 Å². The number of pyridine rings is 1. The van der Waals surface area contributed by atoms with E-state index in [1.54, 1.807) is 19.2 Å². The van der Waals surface area contributed by atoms with Crippen LogP contribution in [0.15, 0.2) is 30.6 Å².